The summed E-state index contributed by atoms with van der Waals surface area (Å²) >= 11 is 0. The van der Waals surface area contributed by atoms with Gasteiger partial charge in [0.05, 0.1) is 0 Å². The van der Waals surface area contributed by atoms with E-state index >= 15 is 0 Å². The van der Waals surface area contributed by atoms with Crippen molar-refractivity contribution in [2.75, 3.05) is 19.6 Å². The van der Waals surface area contributed by atoms with Crippen molar-refractivity contribution >= 4 is 0 Å². The number of piperidine rings is 1. The first-order valence-electron chi connectivity index (χ1n) is 7.66. The van der Waals surface area contributed by atoms with Gasteiger partial charge in [-0.05, 0) is 56.5 Å². The number of nitrogens with zero attached hydrogens (tertiary/aromatic N) is 1. The average molecular weight is 238 g/mol. The molecule has 1 saturated carbocycles. The molecule has 2 N–H and O–H groups in total. The van der Waals surface area contributed by atoms with E-state index in [2.05, 4.69) is 18.7 Å². The fourth-order valence-corrected chi connectivity index (χ4v) is 3.81. The fourth-order valence-electron chi connectivity index (χ4n) is 3.81. The molecule has 1 saturated heterocycles. The lowest BCUT2D eigenvalue weighted by Crippen LogP contribution is -2.49. The molecule has 0 spiro atoms. The van der Waals surface area contributed by atoms with Gasteiger partial charge in [0, 0.05) is 12.6 Å². The van der Waals surface area contributed by atoms with Gasteiger partial charge in [0.1, 0.15) is 0 Å². The number of nitrogens with two attached hydrogens (primary N) is 1. The maximum atomic E-state index is 5.93. The molecular weight excluding hydrogens is 208 g/mol. The van der Waals surface area contributed by atoms with E-state index in [-0.39, 0.29) is 0 Å². The summed E-state index contributed by atoms with van der Waals surface area (Å²) in [5, 5.41) is 0. The van der Waals surface area contributed by atoms with E-state index in [1.807, 2.05) is 0 Å². The summed E-state index contributed by atoms with van der Waals surface area (Å²) in [5.74, 6) is 2.42. The number of fused-ring (bicyclic) bond motifs is 1. The minimum Gasteiger partial charge on any atom is -0.330 e. The van der Waals surface area contributed by atoms with Gasteiger partial charge in [-0.1, -0.05) is 26.7 Å². The molecule has 0 aromatic rings. The van der Waals surface area contributed by atoms with Crippen LogP contribution in [0.4, 0.5) is 0 Å². The van der Waals surface area contributed by atoms with Gasteiger partial charge in [-0.25, -0.2) is 0 Å². The quantitative estimate of drug-likeness (QED) is 0.816. The molecule has 0 amide bonds. The van der Waals surface area contributed by atoms with Crippen LogP contribution in [0.2, 0.25) is 0 Å². The van der Waals surface area contributed by atoms with Crippen LogP contribution in [-0.4, -0.2) is 30.6 Å². The lowest BCUT2D eigenvalue weighted by Gasteiger charge is -2.45. The highest BCUT2D eigenvalue weighted by Gasteiger charge is 2.34. The molecule has 17 heavy (non-hydrogen) atoms. The highest BCUT2D eigenvalue weighted by Crippen LogP contribution is 2.35. The Kier molecular flexibility index (Phi) is 4.87. The molecule has 1 aliphatic heterocycles. The normalized spacial score (nSPS) is 32.5. The molecule has 3 atom stereocenters. The molecule has 2 heteroatoms. The molecule has 100 valence electrons. The van der Waals surface area contributed by atoms with Crippen LogP contribution in [0.25, 0.3) is 0 Å². The van der Waals surface area contributed by atoms with E-state index in [9.17, 15) is 0 Å². The highest BCUT2D eigenvalue weighted by atomic mass is 15.2. The van der Waals surface area contributed by atoms with Gasteiger partial charge in [-0.3, -0.25) is 4.90 Å². The molecule has 0 bridgehead atoms. The Morgan fingerprint density at radius 2 is 1.82 bits per heavy atom. The van der Waals surface area contributed by atoms with Crippen molar-refractivity contribution in [1.82, 2.24) is 4.90 Å². The SMILES string of the molecule is CC(C)C(CN)CN1CCC[C@H]2CCCC[C@H]21. The minimum absolute atomic E-state index is 0.690. The van der Waals surface area contributed by atoms with Crippen LogP contribution < -0.4 is 5.73 Å². The predicted octanol–water partition coefficient (Wildman–Crippen LogP) is 2.87. The average Bonchev–Trinajstić information content (AvgIpc) is 2.35. The van der Waals surface area contributed by atoms with E-state index < -0.39 is 0 Å². The van der Waals surface area contributed by atoms with Gasteiger partial charge < -0.3 is 5.73 Å². The van der Waals surface area contributed by atoms with Crippen molar-refractivity contribution in [1.29, 1.82) is 0 Å². The zero-order valence-electron chi connectivity index (χ0n) is 11.7. The molecule has 2 aliphatic rings. The van der Waals surface area contributed by atoms with Gasteiger partial charge in [-0.15, -0.1) is 0 Å². The maximum Gasteiger partial charge on any atom is 0.0124 e. The van der Waals surface area contributed by atoms with Gasteiger partial charge in [0.15, 0.2) is 0 Å². The molecule has 1 heterocycles. The van der Waals surface area contributed by atoms with Crippen molar-refractivity contribution in [3.8, 4) is 0 Å². The molecule has 0 radical (unpaired) electrons. The van der Waals surface area contributed by atoms with E-state index in [1.54, 1.807) is 0 Å². The number of rotatable bonds is 4. The van der Waals surface area contributed by atoms with Gasteiger partial charge in [0.2, 0.25) is 0 Å². The highest BCUT2D eigenvalue weighted by molar-refractivity contribution is 4.88. The second kappa shape index (κ2) is 6.19. The van der Waals surface area contributed by atoms with Crippen molar-refractivity contribution < 1.29 is 0 Å². The first-order chi connectivity index (χ1) is 8.22. The molecule has 0 aromatic heterocycles. The summed E-state index contributed by atoms with van der Waals surface area (Å²) < 4.78 is 0. The maximum absolute atomic E-state index is 5.93. The summed E-state index contributed by atoms with van der Waals surface area (Å²) in [6, 6.07) is 0.894. The van der Waals surface area contributed by atoms with Crippen LogP contribution in [-0.2, 0) is 0 Å². The minimum atomic E-state index is 0.690. The first kappa shape index (κ1) is 13.4. The zero-order valence-corrected chi connectivity index (χ0v) is 11.7. The number of hydrogen-bond donors (Lipinski definition) is 1. The van der Waals surface area contributed by atoms with Crippen LogP contribution in [0.1, 0.15) is 52.4 Å². The van der Waals surface area contributed by atoms with Crippen molar-refractivity contribution in [3.63, 3.8) is 0 Å². The fraction of sp³-hybridized carbons (Fsp3) is 1.00. The van der Waals surface area contributed by atoms with Gasteiger partial charge in [0.25, 0.3) is 0 Å². The second-order valence-corrected chi connectivity index (χ2v) is 6.49. The number of hydrogen-bond acceptors (Lipinski definition) is 2. The molecule has 1 unspecified atom stereocenters. The summed E-state index contributed by atoms with van der Waals surface area (Å²) in [4.78, 5) is 2.78. The standard InChI is InChI=1S/C15H30N2/c1-12(2)14(10-16)11-17-9-5-7-13-6-3-4-8-15(13)17/h12-15H,3-11,16H2,1-2H3/t13-,14?,15-/m1/s1. The Hall–Kier alpha value is -0.0800. The summed E-state index contributed by atoms with van der Waals surface area (Å²) in [7, 11) is 0. The Morgan fingerprint density at radius 3 is 2.53 bits per heavy atom. The molecule has 0 aromatic carbocycles. The summed E-state index contributed by atoms with van der Waals surface area (Å²) in [5.41, 5.74) is 5.93. The third-order valence-electron chi connectivity index (χ3n) is 5.07. The van der Waals surface area contributed by atoms with Gasteiger partial charge >= 0.3 is 0 Å². The Balaban J connectivity index is 1.94. The van der Waals surface area contributed by atoms with Crippen molar-refractivity contribution in [2.45, 2.75) is 58.4 Å². The predicted molar refractivity (Wildman–Crippen MR) is 73.9 cm³/mol. The zero-order chi connectivity index (χ0) is 12.3. The van der Waals surface area contributed by atoms with Crippen LogP contribution in [0.5, 0.6) is 0 Å². The second-order valence-electron chi connectivity index (χ2n) is 6.49. The summed E-state index contributed by atoms with van der Waals surface area (Å²) in [6.45, 7) is 8.06. The van der Waals surface area contributed by atoms with E-state index in [4.69, 9.17) is 5.73 Å². The van der Waals surface area contributed by atoms with E-state index in [1.165, 1.54) is 51.6 Å². The molecule has 1 aliphatic carbocycles. The lowest BCUT2D eigenvalue weighted by atomic mass is 9.77. The van der Waals surface area contributed by atoms with Crippen LogP contribution >= 0.6 is 0 Å². The Labute approximate surface area is 107 Å². The van der Waals surface area contributed by atoms with Crippen molar-refractivity contribution in [2.24, 2.45) is 23.5 Å². The molecular formula is C15H30N2. The third-order valence-corrected chi connectivity index (χ3v) is 5.07. The summed E-state index contributed by atoms with van der Waals surface area (Å²) in [6.07, 6.45) is 8.75. The van der Waals surface area contributed by atoms with E-state index in [0.717, 1.165) is 24.4 Å². The van der Waals surface area contributed by atoms with Crippen LogP contribution in [0, 0.1) is 17.8 Å². The largest absolute Gasteiger partial charge is 0.330 e. The third kappa shape index (κ3) is 3.23. The first-order valence-corrected chi connectivity index (χ1v) is 7.66. The molecule has 2 rings (SSSR count). The monoisotopic (exact) mass is 238 g/mol. The molecule has 2 nitrogen and oxygen atoms in total. The number of likely N-dealkylation sites (tertiary alicyclic amines) is 1. The Morgan fingerprint density at radius 1 is 1.12 bits per heavy atom. The van der Waals surface area contributed by atoms with E-state index in [0.29, 0.717) is 5.92 Å². The topological polar surface area (TPSA) is 29.3 Å². The van der Waals surface area contributed by atoms with Crippen molar-refractivity contribution in [3.05, 3.63) is 0 Å². The van der Waals surface area contributed by atoms with Gasteiger partial charge in [-0.2, -0.15) is 0 Å². The Bertz CT molecular complexity index is 225. The van der Waals surface area contributed by atoms with Crippen LogP contribution in [0.15, 0.2) is 0 Å². The molecule has 2 fully saturated rings. The van der Waals surface area contributed by atoms with Crippen LogP contribution in [0.3, 0.4) is 0 Å². The smallest absolute Gasteiger partial charge is 0.0124 e. The lowest BCUT2D eigenvalue weighted by molar-refractivity contribution is 0.0430.